The van der Waals surface area contributed by atoms with Crippen molar-refractivity contribution < 1.29 is 19.1 Å². The van der Waals surface area contributed by atoms with E-state index in [-0.39, 0.29) is 24.1 Å². The van der Waals surface area contributed by atoms with Crippen LogP contribution >= 0.6 is 0 Å². The molecule has 4 aliphatic carbocycles. The van der Waals surface area contributed by atoms with Crippen LogP contribution in [0.1, 0.15) is 46.4 Å². The smallest absolute Gasteiger partial charge is 0.338 e. The molecule has 0 radical (unpaired) electrons. The van der Waals surface area contributed by atoms with E-state index in [2.05, 4.69) is 0 Å². The van der Waals surface area contributed by atoms with Gasteiger partial charge in [-0.3, -0.25) is 0 Å². The first kappa shape index (κ1) is 18.2. The Bertz CT molecular complexity index is 878. The minimum absolute atomic E-state index is 0.311. The highest BCUT2D eigenvalue weighted by molar-refractivity contribution is 5.90. The van der Waals surface area contributed by atoms with Gasteiger partial charge in [0.15, 0.2) is 0 Å². The maximum atomic E-state index is 12.9. The number of carbonyl (C=O) groups is 2. The van der Waals surface area contributed by atoms with Crippen LogP contribution in [-0.2, 0) is 9.47 Å². The lowest BCUT2D eigenvalue weighted by Crippen LogP contribution is -2.48. The van der Waals surface area contributed by atoms with Crippen molar-refractivity contribution in [2.24, 2.45) is 35.5 Å². The van der Waals surface area contributed by atoms with Crippen LogP contribution in [0.25, 0.3) is 0 Å². The number of esters is 2. The molecule has 154 valence electrons. The molecule has 0 heterocycles. The second-order valence-electron chi connectivity index (χ2n) is 9.52. The van der Waals surface area contributed by atoms with Gasteiger partial charge in [0.25, 0.3) is 0 Å². The van der Waals surface area contributed by atoms with Gasteiger partial charge in [0.1, 0.15) is 12.2 Å². The van der Waals surface area contributed by atoms with Crippen LogP contribution in [0.5, 0.6) is 0 Å². The summed E-state index contributed by atoms with van der Waals surface area (Å²) < 4.78 is 12.2. The summed E-state index contributed by atoms with van der Waals surface area (Å²) in [6, 6.07) is 18.3. The Hall–Kier alpha value is -2.62. The number of hydrogen-bond donors (Lipinski definition) is 0. The standard InChI is InChI=1S/C26H26O4/c27-25(15-7-3-1-4-8-15)29-23-19-14-20(22-18-12-11-17(13-18)21(19)22)24(23)30-26(28)16-9-5-2-6-10-16/h1-10,17-24H,11-14H2/t17-,18+,19-,20+,21?,22?,23-,24+. The fraction of sp³-hybridized carbons (Fsp3) is 0.462. The third kappa shape index (κ3) is 2.73. The third-order valence-electron chi connectivity index (χ3n) is 8.25. The number of rotatable bonds is 4. The first-order valence-electron chi connectivity index (χ1n) is 11.2. The van der Waals surface area contributed by atoms with Crippen LogP contribution in [-0.4, -0.2) is 24.1 Å². The molecule has 0 N–H and O–H groups in total. The molecule has 0 aromatic heterocycles. The van der Waals surface area contributed by atoms with E-state index in [1.165, 1.54) is 19.3 Å². The molecule has 4 aliphatic rings. The number of hydrogen-bond acceptors (Lipinski definition) is 4. The van der Waals surface area contributed by atoms with E-state index >= 15 is 0 Å². The largest absolute Gasteiger partial charge is 0.455 e. The Kier molecular flexibility index (Phi) is 4.22. The molecule has 4 nitrogen and oxygen atoms in total. The maximum absolute atomic E-state index is 12.9. The van der Waals surface area contributed by atoms with Gasteiger partial charge in [-0.05, 0) is 73.6 Å². The zero-order valence-electron chi connectivity index (χ0n) is 16.9. The zero-order chi connectivity index (χ0) is 20.2. The molecule has 0 spiro atoms. The van der Waals surface area contributed by atoms with Crippen molar-refractivity contribution in [2.75, 3.05) is 0 Å². The van der Waals surface area contributed by atoms with Gasteiger partial charge in [-0.2, -0.15) is 0 Å². The molecule has 4 saturated carbocycles. The van der Waals surface area contributed by atoms with Crippen LogP contribution in [0.15, 0.2) is 60.7 Å². The monoisotopic (exact) mass is 402 g/mol. The second-order valence-corrected chi connectivity index (χ2v) is 9.52. The Labute approximate surface area is 176 Å². The van der Waals surface area contributed by atoms with Gasteiger partial charge in [-0.1, -0.05) is 36.4 Å². The van der Waals surface area contributed by atoms with Crippen LogP contribution in [0.3, 0.4) is 0 Å². The van der Waals surface area contributed by atoms with Gasteiger partial charge in [-0.15, -0.1) is 0 Å². The molecular weight excluding hydrogens is 376 g/mol. The predicted molar refractivity (Wildman–Crippen MR) is 111 cm³/mol. The van der Waals surface area contributed by atoms with Crippen LogP contribution in [0.2, 0.25) is 0 Å². The highest BCUT2D eigenvalue weighted by atomic mass is 16.6. The first-order chi connectivity index (χ1) is 14.7. The fourth-order valence-electron chi connectivity index (χ4n) is 7.31. The predicted octanol–water partition coefficient (Wildman–Crippen LogP) is 4.75. The topological polar surface area (TPSA) is 52.6 Å². The lowest BCUT2D eigenvalue weighted by molar-refractivity contribution is -0.0891. The highest BCUT2D eigenvalue weighted by Gasteiger charge is 2.68. The maximum Gasteiger partial charge on any atom is 0.338 e. The quantitative estimate of drug-likeness (QED) is 0.547. The zero-order valence-corrected chi connectivity index (χ0v) is 16.9. The Morgan fingerprint density at radius 2 is 1.07 bits per heavy atom. The van der Waals surface area contributed by atoms with Gasteiger partial charge in [0.05, 0.1) is 11.1 Å². The van der Waals surface area contributed by atoms with E-state index in [9.17, 15) is 9.59 Å². The second kappa shape index (κ2) is 6.97. The highest BCUT2D eigenvalue weighted by Crippen LogP contribution is 2.68. The van der Waals surface area contributed by atoms with E-state index in [4.69, 9.17) is 9.47 Å². The molecule has 0 saturated heterocycles. The minimum Gasteiger partial charge on any atom is -0.455 e. The molecular formula is C26H26O4. The molecule has 4 bridgehead atoms. The Morgan fingerprint density at radius 3 is 1.50 bits per heavy atom. The van der Waals surface area contributed by atoms with E-state index in [0.717, 1.165) is 18.3 Å². The van der Waals surface area contributed by atoms with Crippen LogP contribution in [0.4, 0.5) is 0 Å². The van der Waals surface area contributed by atoms with E-state index in [0.29, 0.717) is 34.8 Å². The number of fused-ring (bicyclic) bond motifs is 9. The molecule has 0 amide bonds. The average molecular weight is 402 g/mol. The molecule has 2 aromatic carbocycles. The van der Waals surface area contributed by atoms with Crippen molar-refractivity contribution in [3.05, 3.63) is 71.8 Å². The van der Waals surface area contributed by atoms with E-state index < -0.39 is 0 Å². The van der Waals surface area contributed by atoms with Gasteiger partial charge >= 0.3 is 11.9 Å². The molecule has 4 fully saturated rings. The normalized spacial score (nSPS) is 37.7. The molecule has 2 aromatic rings. The molecule has 4 heteroatoms. The van der Waals surface area contributed by atoms with Gasteiger partial charge in [-0.25, -0.2) is 9.59 Å². The molecule has 8 atom stereocenters. The van der Waals surface area contributed by atoms with Crippen molar-refractivity contribution in [1.82, 2.24) is 0 Å². The number of benzene rings is 2. The summed E-state index contributed by atoms with van der Waals surface area (Å²) in [6.45, 7) is 0. The van der Waals surface area contributed by atoms with Crippen molar-refractivity contribution in [2.45, 2.75) is 37.9 Å². The van der Waals surface area contributed by atoms with Gasteiger partial charge in [0.2, 0.25) is 0 Å². The molecule has 0 aliphatic heterocycles. The van der Waals surface area contributed by atoms with E-state index in [1.54, 1.807) is 24.3 Å². The summed E-state index contributed by atoms with van der Waals surface area (Å²) in [6.07, 6.45) is 4.26. The molecule has 6 rings (SSSR count). The minimum atomic E-state index is -0.337. The summed E-state index contributed by atoms with van der Waals surface area (Å²) in [5, 5.41) is 0. The average Bonchev–Trinajstić information content (AvgIpc) is 3.55. The first-order valence-corrected chi connectivity index (χ1v) is 11.2. The Morgan fingerprint density at radius 1 is 0.633 bits per heavy atom. The van der Waals surface area contributed by atoms with E-state index in [1.807, 2.05) is 36.4 Å². The van der Waals surface area contributed by atoms with Crippen LogP contribution in [0, 0.1) is 35.5 Å². The van der Waals surface area contributed by atoms with Crippen molar-refractivity contribution >= 4 is 11.9 Å². The summed E-state index contributed by atoms with van der Waals surface area (Å²) in [5.41, 5.74) is 1.11. The lowest BCUT2D eigenvalue weighted by Gasteiger charge is -2.42. The van der Waals surface area contributed by atoms with Crippen LogP contribution < -0.4 is 0 Å². The summed E-state index contributed by atoms with van der Waals surface area (Å²) in [7, 11) is 0. The summed E-state index contributed by atoms with van der Waals surface area (Å²) in [5.74, 6) is 2.80. The summed E-state index contributed by atoms with van der Waals surface area (Å²) in [4.78, 5) is 25.7. The number of ether oxygens (including phenoxy) is 2. The fourth-order valence-corrected chi connectivity index (χ4v) is 7.31. The lowest BCUT2D eigenvalue weighted by atomic mass is 9.69. The Balaban J connectivity index is 1.28. The van der Waals surface area contributed by atoms with Gasteiger partial charge in [0, 0.05) is 11.8 Å². The van der Waals surface area contributed by atoms with Gasteiger partial charge < -0.3 is 9.47 Å². The molecule has 30 heavy (non-hydrogen) atoms. The van der Waals surface area contributed by atoms with Crippen molar-refractivity contribution in [3.63, 3.8) is 0 Å². The molecule has 2 unspecified atom stereocenters. The van der Waals surface area contributed by atoms with Crippen molar-refractivity contribution in [1.29, 1.82) is 0 Å². The van der Waals surface area contributed by atoms with Crippen molar-refractivity contribution in [3.8, 4) is 0 Å². The number of carbonyl (C=O) groups excluding carboxylic acids is 2. The SMILES string of the molecule is O=C(O[C@@H]1[C@H](OC(=O)c2ccccc2)[C@@H]2C[C@H]1C1C2[C@@H]2CC[C@H]1C2)c1ccccc1. The third-order valence-corrected chi connectivity index (χ3v) is 8.25. The summed E-state index contributed by atoms with van der Waals surface area (Å²) >= 11 is 0.